The molecule has 4 rings (SSSR count). The van der Waals surface area contributed by atoms with Crippen LogP contribution in [0.1, 0.15) is 18.4 Å². The molecular formula is C21H26Cl3N5O. The van der Waals surface area contributed by atoms with Crippen LogP contribution in [0.4, 0.5) is 11.8 Å². The van der Waals surface area contributed by atoms with Crippen molar-refractivity contribution in [2.75, 3.05) is 49.5 Å². The average molecular weight is 471 g/mol. The average Bonchev–Trinajstić information content (AvgIpc) is 2.69. The number of aromatic nitrogens is 2. The molecule has 6 nitrogen and oxygen atoms in total. The number of anilines is 2. The molecule has 0 saturated carbocycles. The second kappa shape index (κ2) is 9.88. The number of likely N-dealkylation sites (tertiary alicyclic amines) is 1. The van der Waals surface area contributed by atoms with Gasteiger partial charge >= 0.3 is 0 Å². The van der Waals surface area contributed by atoms with Crippen LogP contribution in [0, 0.1) is 11.8 Å². The fourth-order valence-corrected chi connectivity index (χ4v) is 4.91. The van der Waals surface area contributed by atoms with Gasteiger partial charge in [-0.3, -0.25) is 0 Å². The van der Waals surface area contributed by atoms with Gasteiger partial charge in [-0.2, -0.15) is 4.98 Å². The number of rotatable bonds is 7. The fourth-order valence-electron chi connectivity index (χ4n) is 4.27. The van der Waals surface area contributed by atoms with Crippen LogP contribution in [0.25, 0.3) is 0 Å². The van der Waals surface area contributed by atoms with Crippen LogP contribution in [0.3, 0.4) is 0 Å². The van der Waals surface area contributed by atoms with E-state index in [0.717, 1.165) is 38.3 Å². The van der Waals surface area contributed by atoms with Crippen LogP contribution in [0.2, 0.25) is 15.1 Å². The normalized spacial score (nSPS) is 20.3. The largest absolute Gasteiger partial charge is 0.395 e. The fraction of sp³-hybridized carbons (Fsp3) is 0.524. The van der Waals surface area contributed by atoms with Crippen LogP contribution < -0.4 is 10.2 Å². The first-order valence-electron chi connectivity index (χ1n) is 10.3. The molecule has 3 heterocycles. The Morgan fingerprint density at radius 3 is 2.70 bits per heavy atom. The lowest BCUT2D eigenvalue weighted by atomic mass is 9.81. The zero-order valence-electron chi connectivity index (χ0n) is 16.7. The van der Waals surface area contributed by atoms with Gasteiger partial charge in [0.15, 0.2) is 5.82 Å². The van der Waals surface area contributed by atoms with E-state index in [4.69, 9.17) is 34.8 Å². The summed E-state index contributed by atoms with van der Waals surface area (Å²) in [7, 11) is 0. The van der Waals surface area contributed by atoms with Gasteiger partial charge in [-0.05, 0) is 48.9 Å². The second-order valence-electron chi connectivity index (χ2n) is 8.05. The highest BCUT2D eigenvalue weighted by atomic mass is 35.5. The minimum atomic E-state index is 0.235. The lowest BCUT2D eigenvalue weighted by Crippen LogP contribution is -2.54. The van der Waals surface area contributed by atoms with Gasteiger partial charge < -0.3 is 20.2 Å². The number of piperidine rings is 1. The highest BCUT2D eigenvalue weighted by Crippen LogP contribution is 2.33. The molecule has 30 heavy (non-hydrogen) atoms. The quantitative estimate of drug-likeness (QED) is 0.633. The molecule has 0 radical (unpaired) electrons. The Balaban J connectivity index is 1.35. The predicted octanol–water partition coefficient (Wildman–Crippen LogP) is 4.19. The zero-order chi connectivity index (χ0) is 21.1. The molecule has 1 unspecified atom stereocenters. The van der Waals surface area contributed by atoms with Crippen molar-refractivity contribution in [3.8, 4) is 0 Å². The first-order valence-corrected chi connectivity index (χ1v) is 11.5. The standard InChI is InChI=1S/C21H26Cl3N5O/c22-17-4-3-14(18(23)8-17)9-25-20-19(24)10-26-21(27-20)29-12-16(13-29)15-2-1-5-28(11-15)6-7-30/h3-4,8,10,15-16,30H,1-2,5-7,9,11-13H2,(H,25,26,27). The van der Waals surface area contributed by atoms with E-state index in [0.29, 0.717) is 45.2 Å². The maximum absolute atomic E-state index is 9.20. The summed E-state index contributed by atoms with van der Waals surface area (Å²) in [5.41, 5.74) is 0.922. The number of aliphatic hydroxyl groups is 1. The summed E-state index contributed by atoms with van der Waals surface area (Å²) in [6, 6.07) is 5.42. The molecule has 2 saturated heterocycles. The molecule has 9 heteroatoms. The molecule has 0 spiro atoms. The highest BCUT2D eigenvalue weighted by molar-refractivity contribution is 6.35. The summed E-state index contributed by atoms with van der Waals surface area (Å²) < 4.78 is 0. The summed E-state index contributed by atoms with van der Waals surface area (Å²) in [4.78, 5) is 13.6. The lowest BCUT2D eigenvalue weighted by Gasteiger charge is -2.46. The van der Waals surface area contributed by atoms with Crippen LogP contribution in [0.15, 0.2) is 24.4 Å². The van der Waals surface area contributed by atoms with Crippen LogP contribution in [-0.4, -0.2) is 59.3 Å². The smallest absolute Gasteiger partial charge is 0.227 e. The lowest BCUT2D eigenvalue weighted by molar-refractivity contribution is 0.101. The van der Waals surface area contributed by atoms with E-state index in [1.807, 2.05) is 12.1 Å². The van der Waals surface area contributed by atoms with Gasteiger partial charge in [-0.15, -0.1) is 0 Å². The molecular weight excluding hydrogens is 445 g/mol. The van der Waals surface area contributed by atoms with Gasteiger partial charge in [0.2, 0.25) is 5.95 Å². The molecule has 162 valence electrons. The summed E-state index contributed by atoms with van der Waals surface area (Å²) in [5, 5.41) is 14.2. The Kier molecular flexibility index (Phi) is 7.21. The number of aliphatic hydroxyl groups excluding tert-OH is 1. The Bertz CT molecular complexity index is 876. The molecule has 2 aliphatic rings. The number of halogens is 3. The van der Waals surface area contributed by atoms with Crippen molar-refractivity contribution < 1.29 is 5.11 Å². The predicted molar refractivity (Wildman–Crippen MR) is 123 cm³/mol. The van der Waals surface area contributed by atoms with Crippen molar-refractivity contribution >= 4 is 46.6 Å². The summed E-state index contributed by atoms with van der Waals surface area (Å²) >= 11 is 18.5. The van der Waals surface area contributed by atoms with Crippen LogP contribution >= 0.6 is 34.8 Å². The number of β-amino-alcohol motifs (C(OH)–C–C–N with tert-alkyl or cyclic N) is 1. The SMILES string of the molecule is OCCN1CCCC(C2CN(c3ncc(Cl)c(NCc4ccc(Cl)cc4Cl)n3)C2)C1. The number of hydrogen-bond acceptors (Lipinski definition) is 6. The van der Waals surface area contributed by atoms with E-state index >= 15 is 0 Å². The summed E-state index contributed by atoms with van der Waals surface area (Å²) in [6.07, 6.45) is 4.11. The Morgan fingerprint density at radius 1 is 1.10 bits per heavy atom. The van der Waals surface area contributed by atoms with E-state index in [1.165, 1.54) is 12.8 Å². The first-order chi connectivity index (χ1) is 14.5. The molecule has 0 bridgehead atoms. The monoisotopic (exact) mass is 469 g/mol. The van der Waals surface area contributed by atoms with E-state index < -0.39 is 0 Å². The third-order valence-electron chi connectivity index (χ3n) is 6.01. The van der Waals surface area contributed by atoms with Crippen molar-refractivity contribution in [2.24, 2.45) is 11.8 Å². The molecule has 1 atom stereocenters. The third-order valence-corrected chi connectivity index (χ3v) is 6.87. The Hall–Kier alpha value is -1.31. The van der Waals surface area contributed by atoms with Crippen molar-refractivity contribution in [1.82, 2.24) is 14.9 Å². The van der Waals surface area contributed by atoms with Crippen molar-refractivity contribution in [2.45, 2.75) is 19.4 Å². The molecule has 1 aromatic heterocycles. The van der Waals surface area contributed by atoms with E-state index in [1.54, 1.807) is 12.3 Å². The van der Waals surface area contributed by atoms with E-state index in [-0.39, 0.29) is 6.61 Å². The first kappa shape index (κ1) is 21.9. The Morgan fingerprint density at radius 2 is 1.93 bits per heavy atom. The van der Waals surface area contributed by atoms with E-state index in [2.05, 4.69) is 25.1 Å². The molecule has 2 aromatic rings. The van der Waals surface area contributed by atoms with Gasteiger partial charge in [-0.25, -0.2) is 4.98 Å². The third kappa shape index (κ3) is 5.11. The molecule has 2 N–H and O–H groups in total. The highest BCUT2D eigenvalue weighted by Gasteiger charge is 2.36. The van der Waals surface area contributed by atoms with E-state index in [9.17, 15) is 5.11 Å². The van der Waals surface area contributed by atoms with Crippen molar-refractivity contribution in [3.05, 3.63) is 45.0 Å². The Labute approximate surface area is 192 Å². The molecule has 2 aliphatic heterocycles. The minimum absolute atomic E-state index is 0.235. The van der Waals surface area contributed by atoms with Gasteiger partial charge in [0.1, 0.15) is 5.02 Å². The minimum Gasteiger partial charge on any atom is -0.395 e. The van der Waals surface area contributed by atoms with Crippen molar-refractivity contribution in [3.63, 3.8) is 0 Å². The topological polar surface area (TPSA) is 64.5 Å². The number of nitrogens with zero attached hydrogens (tertiary/aromatic N) is 4. The van der Waals surface area contributed by atoms with Crippen LogP contribution in [-0.2, 0) is 6.54 Å². The molecule has 0 aliphatic carbocycles. The summed E-state index contributed by atoms with van der Waals surface area (Å²) in [5.74, 6) is 2.62. The van der Waals surface area contributed by atoms with Crippen LogP contribution in [0.5, 0.6) is 0 Å². The van der Waals surface area contributed by atoms with Crippen molar-refractivity contribution in [1.29, 1.82) is 0 Å². The second-order valence-corrected chi connectivity index (χ2v) is 9.30. The van der Waals surface area contributed by atoms with Gasteiger partial charge in [0.25, 0.3) is 0 Å². The van der Waals surface area contributed by atoms with Gasteiger partial charge in [-0.1, -0.05) is 40.9 Å². The van der Waals surface area contributed by atoms with Gasteiger partial charge in [0, 0.05) is 42.8 Å². The number of benzene rings is 1. The number of nitrogens with one attached hydrogen (secondary N) is 1. The van der Waals surface area contributed by atoms with Gasteiger partial charge in [0.05, 0.1) is 12.8 Å². The summed E-state index contributed by atoms with van der Waals surface area (Å²) in [6.45, 7) is 5.61. The molecule has 2 fully saturated rings. The maximum Gasteiger partial charge on any atom is 0.227 e. The zero-order valence-corrected chi connectivity index (χ0v) is 19.0. The molecule has 0 amide bonds. The maximum atomic E-state index is 9.20. The number of hydrogen-bond donors (Lipinski definition) is 2. The molecule has 1 aromatic carbocycles.